The van der Waals surface area contributed by atoms with Crippen LogP contribution in [0.25, 0.3) is 0 Å². The maximum atomic E-state index is 9.28. The fraction of sp³-hybridized carbons (Fsp3) is 0.692. The van der Waals surface area contributed by atoms with Gasteiger partial charge in [-0.2, -0.15) is 0 Å². The lowest BCUT2D eigenvalue weighted by Crippen LogP contribution is -2.45. The van der Waals surface area contributed by atoms with E-state index in [2.05, 4.69) is 4.90 Å². The van der Waals surface area contributed by atoms with E-state index >= 15 is 0 Å². The highest BCUT2D eigenvalue weighted by Gasteiger charge is 2.30. The van der Waals surface area contributed by atoms with Crippen molar-refractivity contribution in [3.8, 4) is 0 Å². The summed E-state index contributed by atoms with van der Waals surface area (Å²) in [5.41, 5.74) is 6.08. The maximum Gasteiger partial charge on any atom is 0.122 e. The molecule has 96 valence electrons. The molecule has 0 bridgehead atoms. The molecule has 3 N–H and O–H groups in total. The molecule has 1 aliphatic heterocycles. The first-order chi connectivity index (χ1) is 8.22. The quantitative estimate of drug-likeness (QED) is 0.831. The van der Waals surface area contributed by atoms with Gasteiger partial charge in [0.2, 0.25) is 0 Å². The third-order valence-corrected chi connectivity index (χ3v) is 3.53. The molecule has 17 heavy (non-hydrogen) atoms. The van der Waals surface area contributed by atoms with Crippen molar-refractivity contribution in [1.29, 1.82) is 0 Å². The number of likely N-dealkylation sites (tertiary alicyclic amines) is 1. The van der Waals surface area contributed by atoms with Gasteiger partial charge in [0.05, 0.1) is 12.3 Å². The Balaban J connectivity index is 2.11. The zero-order valence-corrected chi connectivity index (χ0v) is 10.4. The van der Waals surface area contributed by atoms with Crippen LogP contribution >= 0.6 is 0 Å². The van der Waals surface area contributed by atoms with E-state index in [0.717, 1.165) is 31.7 Å². The Morgan fingerprint density at radius 1 is 1.65 bits per heavy atom. The van der Waals surface area contributed by atoms with Crippen LogP contribution in [-0.2, 0) is 0 Å². The summed E-state index contributed by atoms with van der Waals surface area (Å²) in [6.07, 6.45) is 3.92. The molecule has 0 radical (unpaired) electrons. The van der Waals surface area contributed by atoms with Gasteiger partial charge in [-0.3, -0.25) is 4.90 Å². The van der Waals surface area contributed by atoms with Crippen LogP contribution in [0.3, 0.4) is 0 Å². The van der Waals surface area contributed by atoms with Gasteiger partial charge in [-0.25, -0.2) is 0 Å². The Bertz CT molecular complexity index is 324. The van der Waals surface area contributed by atoms with Crippen molar-refractivity contribution >= 4 is 0 Å². The highest BCUT2D eigenvalue weighted by molar-refractivity contribution is 5.07. The lowest BCUT2D eigenvalue weighted by atomic mass is 9.95. The molecule has 4 heteroatoms. The maximum absolute atomic E-state index is 9.28. The molecule has 0 amide bonds. The highest BCUT2D eigenvalue weighted by Crippen LogP contribution is 2.28. The molecule has 3 atom stereocenters. The number of nitrogens with two attached hydrogens (primary N) is 1. The Morgan fingerprint density at radius 2 is 2.47 bits per heavy atom. The second kappa shape index (κ2) is 5.67. The number of aliphatic hydroxyl groups excluding tert-OH is 1. The van der Waals surface area contributed by atoms with Crippen molar-refractivity contribution in [2.75, 3.05) is 19.7 Å². The van der Waals surface area contributed by atoms with Crippen LogP contribution in [0.2, 0.25) is 0 Å². The van der Waals surface area contributed by atoms with Crippen molar-refractivity contribution in [1.82, 2.24) is 4.90 Å². The van der Waals surface area contributed by atoms with Gasteiger partial charge in [-0.05, 0) is 44.4 Å². The molecule has 1 fully saturated rings. The van der Waals surface area contributed by atoms with Crippen molar-refractivity contribution in [3.63, 3.8) is 0 Å². The standard InChI is InChI=1S/C13H22N2O2/c1-10(14)13(12-5-3-7-17-12)15-6-2-4-11(8-15)9-16/h3,5,7,10-11,13,16H,2,4,6,8-9,14H2,1H3. The monoisotopic (exact) mass is 238 g/mol. The van der Waals surface area contributed by atoms with E-state index in [4.69, 9.17) is 10.2 Å². The van der Waals surface area contributed by atoms with Gasteiger partial charge in [0.1, 0.15) is 5.76 Å². The first kappa shape index (κ1) is 12.6. The lowest BCUT2D eigenvalue weighted by molar-refractivity contribution is 0.0702. The van der Waals surface area contributed by atoms with Gasteiger partial charge in [0.15, 0.2) is 0 Å². The molecule has 3 unspecified atom stereocenters. The van der Waals surface area contributed by atoms with Crippen molar-refractivity contribution in [2.45, 2.75) is 31.8 Å². The third kappa shape index (κ3) is 2.89. The summed E-state index contributed by atoms with van der Waals surface area (Å²) in [7, 11) is 0. The average Bonchev–Trinajstić information content (AvgIpc) is 2.83. The molecule has 0 aromatic carbocycles. The van der Waals surface area contributed by atoms with E-state index in [-0.39, 0.29) is 18.7 Å². The van der Waals surface area contributed by atoms with Gasteiger partial charge in [-0.15, -0.1) is 0 Å². The fourth-order valence-electron chi connectivity index (χ4n) is 2.73. The Morgan fingerprint density at radius 3 is 3.06 bits per heavy atom. The number of nitrogens with zero attached hydrogens (tertiary/aromatic N) is 1. The Hall–Kier alpha value is -0.840. The summed E-state index contributed by atoms with van der Waals surface area (Å²) in [5.74, 6) is 1.30. The molecule has 1 aliphatic rings. The minimum atomic E-state index is 0.0265. The van der Waals surface area contributed by atoms with Crippen molar-refractivity contribution in [3.05, 3.63) is 24.2 Å². The topological polar surface area (TPSA) is 62.6 Å². The molecule has 0 aliphatic carbocycles. The summed E-state index contributed by atoms with van der Waals surface area (Å²) in [5, 5.41) is 9.28. The number of rotatable bonds is 4. The molecule has 2 heterocycles. The SMILES string of the molecule is CC(N)C(c1ccco1)N1CCCC(CO)C1. The molecule has 2 rings (SSSR count). The van der Waals surface area contributed by atoms with Crippen LogP contribution in [0.15, 0.2) is 22.8 Å². The molecule has 1 aromatic rings. The Kier molecular flexibility index (Phi) is 4.20. The van der Waals surface area contributed by atoms with Crippen LogP contribution < -0.4 is 5.73 Å². The summed E-state index contributed by atoms with van der Waals surface area (Å²) in [4.78, 5) is 2.34. The summed E-state index contributed by atoms with van der Waals surface area (Å²) in [6, 6.07) is 4.03. The number of piperidine rings is 1. The molecule has 4 nitrogen and oxygen atoms in total. The molecular formula is C13H22N2O2. The van der Waals surface area contributed by atoms with Gasteiger partial charge in [0.25, 0.3) is 0 Å². The van der Waals surface area contributed by atoms with Gasteiger partial charge < -0.3 is 15.3 Å². The Labute approximate surface area is 102 Å². The molecule has 1 saturated heterocycles. The van der Waals surface area contributed by atoms with Crippen molar-refractivity contribution in [2.24, 2.45) is 11.7 Å². The predicted octanol–water partition coefficient (Wildman–Crippen LogP) is 1.37. The summed E-state index contributed by atoms with van der Waals surface area (Å²) in [6.45, 7) is 4.21. The second-order valence-corrected chi connectivity index (χ2v) is 5.01. The van der Waals surface area contributed by atoms with E-state index in [1.54, 1.807) is 6.26 Å². The summed E-state index contributed by atoms with van der Waals surface area (Å²) >= 11 is 0. The lowest BCUT2D eigenvalue weighted by Gasteiger charge is -2.38. The van der Waals surface area contributed by atoms with Gasteiger partial charge in [-0.1, -0.05) is 0 Å². The van der Waals surface area contributed by atoms with Crippen molar-refractivity contribution < 1.29 is 9.52 Å². The normalized spacial score (nSPS) is 25.7. The van der Waals surface area contributed by atoms with Crippen LogP contribution in [0.1, 0.15) is 31.6 Å². The fourth-order valence-corrected chi connectivity index (χ4v) is 2.73. The zero-order chi connectivity index (χ0) is 12.3. The van der Waals surface area contributed by atoms with E-state index < -0.39 is 0 Å². The largest absolute Gasteiger partial charge is 0.468 e. The van der Waals surface area contributed by atoms with Gasteiger partial charge >= 0.3 is 0 Å². The smallest absolute Gasteiger partial charge is 0.122 e. The number of furan rings is 1. The van der Waals surface area contributed by atoms with Crippen LogP contribution in [0, 0.1) is 5.92 Å². The van der Waals surface area contributed by atoms with E-state index in [0.29, 0.717) is 5.92 Å². The second-order valence-electron chi connectivity index (χ2n) is 5.01. The minimum Gasteiger partial charge on any atom is -0.468 e. The number of hydrogen-bond acceptors (Lipinski definition) is 4. The molecule has 0 saturated carbocycles. The highest BCUT2D eigenvalue weighted by atomic mass is 16.3. The van der Waals surface area contributed by atoms with Crippen LogP contribution in [0.5, 0.6) is 0 Å². The van der Waals surface area contributed by atoms with Crippen LogP contribution in [-0.4, -0.2) is 35.7 Å². The first-order valence-electron chi connectivity index (χ1n) is 6.36. The molecular weight excluding hydrogens is 216 g/mol. The van der Waals surface area contributed by atoms with E-state index in [1.165, 1.54) is 0 Å². The third-order valence-electron chi connectivity index (χ3n) is 3.53. The predicted molar refractivity (Wildman–Crippen MR) is 66.5 cm³/mol. The van der Waals surface area contributed by atoms with Gasteiger partial charge in [0, 0.05) is 19.2 Å². The minimum absolute atomic E-state index is 0.0265. The summed E-state index contributed by atoms with van der Waals surface area (Å²) < 4.78 is 5.49. The first-order valence-corrected chi connectivity index (χ1v) is 6.36. The number of aliphatic hydroxyl groups is 1. The van der Waals surface area contributed by atoms with E-state index in [9.17, 15) is 5.11 Å². The van der Waals surface area contributed by atoms with E-state index in [1.807, 2.05) is 19.1 Å². The molecule has 0 spiro atoms. The zero-order valence-electron chi connectivity index (χ0n) is 10.4. The molecule has 1 aromatic heterocycles. The number of hydrogen-bond donors (Lipinski definition) is 2. The average molecular weight is 238 g/mol. The van der Waals surface area contributed by atoms with Crippen LogP contribution in [0.4, 0.5) is 0 Å².